The maximum Gasteiger partial charge on any atom is 0.179 e. The molecule has 4 rings (SSSR count). The van der Waals surface area contributed by atoms with E-state index in [1.165, 1.54) is 0 Å². The molecule has 0 bridgehead atoms. The molecule has 0 atom stereocenters. The van der Waals surface area contributed by atoms with Crippen LogP contribution in [-0.2, 0) is 25.7 Å². The summed E-state index contributed by atoms with van der Waals surface area (Å²) in [6, 6.07) is 0. The number of aryl methyl sites for hydroxylation is 4. The van der Waals surface area contributed by atoms with E-state index in [1.54, 1.807) is 6.33 Å². The van der Waals surface area contributed by atoms with Crippen LogP contribution >= 0.6 is 0 Å². The molecule has 0 saturated carbocycles. The van der Waals surface area contributed by atoms with Crippen LogP contribution in [0, 0.1) is 0 Å². The minimum Gasteiger partial charge on any atom is -0.244 e. The van der Waals surface area contributed by atoms with Crippen LogP contribution in [0.3, 0.4) is 0 Å². The van der Waals surface area contributed by atoms with Crippen molar-refractivity contribution in [1.82, 2.24) is 39.9 Å². The van der Waals surface area contributed by atoms with Gasteiger partial charge in [-0.1, -0.05) is 53.4 Å². The van der Waals surface area contributed by atoms with Crippen LogP contribution < -0.4 is 0 Å². The zero-order valence-corrected chi connectivity index (χ0v) is 21.7. The Morgan fingerprint density at radius 1 is 0.472 bits per heavy atom. The van der Waals surface area contributed by atoms with Gasteiger partial charge in [-0.05, 0) is 31.2 Å². The third-order valence-electron chi connectivity index (χ3n) is 5.95. The molecule has 0 aromatic carbocycles. The van der Waals surface area contributed by atoms with Crippen LogP contribution in [0.1, 0.15) is 75.6 Å². The molecule has 0 aliphatic carbocycles. The van der Waals surface area contributed by atoms with Gasteiger partial charge in [0, 0.05) is 47.7 Å². The third kappa shape index (κ3) is 5.75. The molecule has 186 valence electrons. The summed E-state index contributed by atoms with van der Waals surface area (Å²) >= 11 is 0. The van der Waals surface area contributed by atoms with Gasteiger partial charge in [-0.25, -0.2) is 39.9 Å². The molecule has 4 heterocycles. The molecule has 0 amide bonds. The molecule has 8 nitrogen and oxygen atoms in total. The summed E-state index contributed by atoms with van der Waals surface area (Å²) in [6.07, 6.45) is 18.5. The van der Waals surface area contributed by atoms with Crippen molar-refractivity contribution in [3.63, 3.8) is 0 Å². The van der Waals surface area contributed by atoms with Crippen LogP contribution in [0.15, 0.2) is 37.3 Å². The second kappa shape index (κ2) is 12.3. The molecular formula is C28H34N8. The molecule has 0 radical (unpaired) electrons. The lowest BCUT2D eigenvalue weighted by molar-refractivity contribution is 0.878. The first-order valence-corrected chi connectivity index (χ1v) is 13.0. The van der Waals surface area contributed by atoms with Crippen molar-refractivity contribution >= 4 is 0 Å². The van der Waals surface area contributed by atoms with Gasteiger partial charge in [0.15, 0.2) is 17.5 Å². The Kier molecular flexibility index (Phi) is 8.71. The molecule has 4 aromatic rings. The Hall–Kier alpha value is -3.68. The minimum atomic E-state index is 0.560. The molecule has 4 aromatic heterocycles. The molecule has 0 spiro atoms. The maximum atomic E-state index is 4.98. The van der Waals surface area contributed by atoms with Crippen LogP contribution in [0.5, 0.6) is 0 Å². The average molecular weight is 483 g/mol. The summed E-state index contributed by atoms with van der Waals surface area (Å²) in [5.41, 5.74) is 6.48. The Morgan fingerprint density at radius 2 is 0.944 bits per heavy atom. The molecule has 0 N–H and O–H groups in total. The van der Waals surface area contributed by atoms with E-state index in [-0.39, 0.29) is 0 Å². The van der Waals surface area contributed by atoms with Crippen LogP contribution in [-0.4, -0.2) is 39.9 Å². The maximum absolute atomic E-state index is 4.98. The number of rotatable bonds is 11. The lowest BCUT2D eigenvalue weighted by Crippen LogP contribution is -2.06. The van der Waals surface area contributed by atoms with Crippen molar-refractivity contribution in [1.29, 1.82) is 0 Å². The van der Waals surface area contributed by atoms with Crippen molar-refractivity contribution in [3.05, 3.63) is 59.6 Å². The summed E-state index contributed by atoms with van der Waals surface area (Å²) in [7, 11) is 0. The van der Waals surface area contributed by atoms with Crippen LogP contribution in [0.25, 0.3) is 34.6 Å². The zero-order chi connectivity index (χ0) is 25.3. The molecular weight excluding hydrogens is 448 g/mol. The van der Waals surface area contributed by atoms with Crippen molar-refractivity contribution in [2.75, 3.05) is 0 Å². The van der Waals surface area contributed by atoms with E-state index in [1.807, 2.05) is 31.0 Å². The van der Waals surface area contributed by atoms with Gasteiger partial charge < -0.3 is 0 Å². The molecule has 0 saturated heterocycles. The van der Waals surface area contributed by atoms with Crippen molar-refractivity contribution in [3.8, 4) is 34.6 Å². The predicted octanol–water partition coefficient (Wildman–Crippen LogP) is 5.66. The molecule has 36 heavy (non-hydrogen) atoms. The summed E-state index contributed by atoms with van der Waals surface area (Å²) < 4.78 is 0. The first kappa shape index (κ1) is 25.4. The van der Waals surface area contributed by atoms with Gasteiger partial charge >= 0.3 is 0 Å². The Balaban J connectivity index is 1.83. The largest absolute Gasteiger partial charge is 0.244 e. The van der Waals surface area contributed by atoms with E-state index in [9.17, 15) is 0 Å². The molecule has 0 unspecified atom stereocenters. The van der Waals surface area contributed by atoms with E-state index in [4.69, 9.17) is 15.0 Å². The second-order valence-electron chi connectivity index (χ2n) is 8.95. The van der Waals surface area contributed by atoms with Gasteiger partial charge in [0.2, 0.25) is 0 Å². The van der Waals surface area contributed by atoms with E-state index in [2.05, 4.69) is 52.6 Å². The van der Waals surface area contributed by atoms with E-state index < -0.39 is 0 Å². The Morgan fingerprint density at radius 3 is 1.50 bits per heavy atom. The van der Waals surface area contributed by atoms with Crippen molar-refractivity contribution in [2.24, 2.45) is 0 Å². The fourth-order valence-corrected chi connectivity index (χ4v) is 4.24. The fourth-order valence-electron chi connectivity index (χ4n) is 4.24. The fraction of sp³-hybridized carbons (Fsp3) is 0.429. The highest BCUT2D eigenvalue weighted by Crippen LogP contribution is 2.27. The lowest BCUT2D eigenvalue weighted by atomic mass is 10.1. The van der Waals surface area contributed by atoms with Gasteiger partial charge in [0.1, 0.15) is 23.4 Å². The van der Waals surface area contributed by atoms with E-state index in [0.29, 0.717) is 17.5 Å². The van der Waals surface area contributed by atoms with Gasteiger partial charge in [0.05, 0.1) is 0 Å². The smallest absolute Gasteiger partial charge is 0.179 e. The molecule has 0 aliphatic heterocycles. The van der Waals surface area contributed by atoms with Crippen molar-refractivity contribution < 1.29 is 0 Å². The lowest BCUT2D eigenvalue weighted by Gasteiger charge is -2.13. The minimum absolute atomic E-state index is 0.560. The highest BCUT2D eigenvalue weighted by Gasteiger charge is 2.19. The van der Waals surface area contributed by atoms with E-state index >= 15 is 0 Å². The topological polar surface area (TPSA) is 103 Å². The third-order valence-corrected chi connectivity index (χ3v) is 5.95. The van der Waals surface area contributed by atoms with Gasteiger partial charge in [0.25, 0.3) is 0 Å². The van der Waals surface area contributed by atoms with Crippen LogP contribution in [0.4, 0.5) is 0 Å². The molecule has 0 aliphatic rings. The van der Waals surface area contributed by atoms with E-state index in [0.717, 1.165) is 90.7 Å². The van der Waals surface area contributed by atoms with Crippen LogP contribution in [0.2, 0.25) is 0 Å². The zero-order valence-electron chi connectivity index (χ0n) is 21.7. The van der Waals surface area contributed by atoms with Gasteiger partial charge in [-0.15, -0.1) is 0 Å². The summed E-state index contributed by atoms with van der Waals surface area (Å²) in [6.45, 7) is 8.58. The number of aromatic nitrogens is 8. The molecule has 8 heteroatoms. The second-order valence-corrected chi connectivity index (χ2v) is 8.95. The Labute approximate surface area is 213 Å². The quantitative estimate of drug-likeness (QED) is 0.270. The first-order chi connectivity index (χ1) is 17.7. The normalized spacial score (nSPS) is 11.1. The summed E-state index contributed by atoms with van der Waals surface area (Å²) in [5, 5.41) is 0. The average Bonchev–Trinajstić information content (AvgIpc) is 2.91. The number of hydrogen-bond donors (Lipinski definition) is 0. The highest BCUT2D eigenvalue weighted by molar-refractivity contribution is 5.64. The predicted molar refractivity (Wildman–Crippen MR) is 141 cm³/mol. The SMILES string of the molecule is CCCc1cnc(-c2nc(-c3nc(-c4ncncc4CCC)ncc3CCC)ncc2CCC)nc1. The highest BCUT2D eigenvalue weighted by atomic mass is 15.0. The van der Waals surface area contributed by atoms with Gasteiger partial charge in [-0.2, -0.15) is 0 Å². The monoisotopic (exact) mass is 482 g/mol. The number of nitrogens with zero attached hydrogens (tertiary/aromatic N) is 8. The van der Waals surface area contributed by atoms with Crippen molar-refractivity contribution in [2.45, 2.75) is 79.1 Å². The standard InChI is InChI=1S/C28H34N8/c1-5-9-19-13-30-26(31-14-19)24-21(11-7-3)16-33-28(35-24)25-22(12-8-4)17-32-27(36-25)23-20(10-6-2)15-29-18-34-23/h13-18H,5-12H2,1-4H3. The summed E-state index contributed by atoms with van der Waals surface area (Å²) in [4.78, 5) is 37.4. The summed E-state index contributed by atoms with van der Waals surface area (Å²) in [5.74, 6) is 1.75. The Bertz CT molecular complexity index is 1290. The molecule has 0 fully saturated rings. The first-order valence-electron chi connectivity index (χ1n) is 13.0. The number of hydrogen-bond acceptors (Lipinski definition) is 8. The van der Waals surface area contributed by atoms with Gasteiger partial charge in [-0.3, -0.25) is 0 Å².